The minimum Gasteiger partial charge on any atom is -0.497 e. The summed E-state index contributed by atoms with van der Waals surface area (Å²) >= 11 is 0. The van der Waals surface area contributed by atoms with E-state index >= 15 is 0 Å². The Hall–Kier alpha value is -3.87. The van der Waals surface area contributed by atoms with Crippen molar-refractivity contribution in [3.8, 4) is 11.6 Å². The van der Waals surface area contributed by atoms with Crippen molar-refractivity contribution in [3.63, 3.8) is 0 Å². The van der Waals surface area contributed by atoms with Gasteiger partial charge in [-0.15, -0.1) is 0 Å². The van der Waals surface area contributed by atoms with Crippen molar-refractivity contribution in [1.29, 1.82) is 0 Å². The first kappa shape index (κ1) is 18.5. The molecule has 0 radical (unpaired) electrons. The minimum atomic E-state index is -0.678. The van der Waals surface area contributed by atoms with E-state index in [0.29, 0.717) is 5.75 Å². The first-order valence-electron chi connectivity index (χ1n) is 9.03. The predicted molar refractivity (Wildman–Crippen MR) is 112 cm³/mol. The Labute approximate surface area is 166 Å². The largest absolute Gasteiger partial charge is 0.497 e. The SMILES string of the molecule is COc1ccc(Cn2c(O)c(C=C3C(C)=Nc4ccccc43)c(=O)[nH]c2=O)cc1. The Kier molecular flexibility index (Phi) is 4.64. The number of allylic oxidation sites excluding steroid dienone is 1. The summed E-state index contributed by atoms with van der Waals surface area (Å²) in [6.07, 6.45) is 1.57. The molecule has 4 rings (SSSR count). The number of aromatic hydroxyl groups is 1. The van der Waals surface area contributed by atoms with E-state index in [9.17, 15) is 14.7 Å². The maximum absolute atomic E-state index is 12.4. The molecule has 0 amide bonds. The number of aromatic nitrogens is 2. The van der Waals surface area contributed by atoms with Crippen LogP contribution in [-0.2, 0) is 6.54 Å². The average Bonchev–Trinajstić information content (AvgIpc) is 3.04. The van der Waals surface area contributed by atoms with E-state index in [1.807, 2.05) is 31.2 Å². The highest BCUT2D eigenvalue weighted by Crippen LogP contribution is 2.35. The van der Waals surface area contributed by atoms with Crippen molar-refractivity contribution in [1.82, 2.24) is 9.55 Å². The van der Waals surface area contributed by atoms with Gasteiger partial charge >= 0.3 is 5.69 Å². The number of ether oxygens (including phenoxy) is 1. The molecule has 29 heavy (non-hydrogen) atoms. The van der Waals surface area contributed by atoms with Crippen LogP contribution < -0.4 is 16.0 Å². The van der Waals surface area contributed by atoms with Crippen LogP contribution in [0.5, 0.6) is 11.6 Å². The zero-order chi connectivity index (χ0) is 20.5. The zero-order valence-corrected chi connectivity index (χ0v) is 16.0. The molecule has 7 nitrogen and oxygen atoms in total. The van der Waals surface area contributed by atoms with Crippen LogP contribution in [-0.4, -0.2) is 27.5 Å². The Balaban J connectivity index is 1.79. The van der Waals surface area contributed by atoms with E-state index in [-0.39, 0.29) is 18.0 Å². The van der Waals surface area contributed by atoms with E-state index in [1.54, 1.807) is 37.5 Å². The Morgan fingerprint density at radius 3 is 2.59 bits per heavy atom. The third-order valence-corrected chi connectivity index (χ3v) is 4.87. The lowest BCUT2D eigenvalue weighted by Gasteiger charge is -2.11. The van der Waals surface area contributed by atoms with Gasteiger partial charge in [-0.2, -0.15) is 0 Å². The molecule has 0 fully saturated rings. The molecule has 1 aromatic heterocycles. The van der Waals surface area contributed by atoms with Crippen molar-refractivity contribution in [2.24, 2.45) is 4.99 Å². The number of hydrogen-bond donors (Lipinski definition) is 2. The summed E-state index contributed by atoms with van der Waals surface area (Å²) in [4.78, 5) is 31.5. The summed E-state index contributed by atoms with van der Waals surface area (Å²) < 4.78 is 6.26. The van der Waals surface area contributed by atoms with Crippen LogP contribution in [0, 0.1) is 0 Å². The second kappa shape index (κ2) is 7.27. The fraction of sp³-hybridized carbons (Fsp3) is 0.136. The summed E-state index contributed by atoms with van der Waals surface area (Å²) in [5.41, 5.74) is 2.60. The Bertz CT molecular complexity index is 1260. The van der Waals surface area contributed by atoms with Crippen LogP contribution in [0.2, 0.25) is 0 Å². The van der Waals surface area contributed by atoms with Crippen LogP contribution in [0.25, 0.3) is 11.6 Å². The molecule has 2 N–H and O–H groups in total. The van der Waals surface area contributed by atoms with Crippen LogP contribution in [0.4, 0.5) is 5.69 Å². The number of H-pyrrole nitrogens is 1. The summed E-state index contributed by atoms with van der Waals surface area (Å²) in [6.45, 7) is 1.94. The van der Waals surface area contributed by atoms with E-state index < -0.39 is 11.2 Å². The van der Waals surface area contributed by atoms with E-state index in [1.165, 1.54) is 0 Å². The summed E-state index contributed by atoms with van der Waals surface area (Å²) in [5.74, 6) is 0.297. The van der Waals surface area contributed by atoms with E-state index in [4.69, 9.17) is 4.74 Å². The lowest BCUT2D eigenvalue weighted by atomic mass is 10.0. The summed E-state index contributed by atoms with van der Waals surface area (Å²) in [7, 11) is 1.57. The molecule has 146 valence electrons. The molecule has 2 aromatic carbocycles. The first-order valence-corrected chi connectivity index (χ1v) is 9.03. The summed E-state index contributed by atoms with van der Waals surface area (Å²) in [6, 6.07) is 14.7. The van der Waals surface area contributed by atoms with Gasteiger partial charge in [-0.05, 0) is 36.8 Å². The molecule has 2 heterocycles. The van der Waals surface area contributed by atoms with Gasteiger partial charge in [0, 0.05) is 16.8 Å². The Morgan fingerprint density at radius 1 is 1.14 bits per heavy atom. The second-order valence-electron chi connectivity index (χ2n) is 6.70. The molecule has 0 saturated heterocycles. The third-order valence-electron chi connectivity index (χ3n) is 4.87. The number of aliphatic imine (C=N–C) groups is 1. The van der Waals surface area contributed by atoms with Crippen LogP contribution in [0.15, 0.2) is 63.1 Å². The van der Waals surface area contributed by atoms with Gasteiger partial charge in [-0.1, -0.05) is 30.3 Å². The molecule has 7 heteroatoms. The average molecular weight is 389 g/mol. The number of methoxy groups -OCH3 is 1. The lowest BCUT2D eigenvalue weighted by molar-refractivity contribution is 0.407. The second-order valence-corrected chi connectivity index (χ2v) is 6.70. The maximum Gasteiger partial charge on any atom is 0.331 e. The van der Waals surface area contributed by atoms with Gasteiger partial charge in [0.25, 0.3) is 5.56 Å². The van der Waals surface area contributed by atoms with Crippen molar-refractivity contribution in [2.45, 2.75) is 13.5 Å². The predicted octanol–water partition coefficient (Wildman–Crippen LogP) is 2.95. The normalized spacial score (nSPS) is 14.0. The molecule has 0 bridgehead atoms. The van der Waals surface area contributed by atoms with Crippen molar-refractivity contribution in [2.75, 3.05) is 7.11 Å². The van der Waals surface area contributed by atoms with Gasteiger partial charge in [0.05, 0.1) is 19.3 Å². The van der Waals surface area contributed by atoms with Crippen molar-refractivity contribution in [3.05, 3.63) is 86.1 Å². The van der Waals surface area contributed by atoms with Crippen molar-refractivity contribution >= 4 is 23.0 Å². The molecule has 0 aliphatic carbocycles. The van der Waals surface area contributed by atoms with Gasteiger partial charge in [0.1, 0.15) is 11.3 Å². The molecule has 0 atom stereocenters. The first-order chi connectivity index (χ1) is 14.0. The third kappa shape index (κ3) is 3.38. The smallest absolute Gasteiger partial charge is 0.331 e. The number of rotatable bonds is 4. The number of aromatic amines is 1. The quantitative estimate of drug-likeness (QED) is 0.717. The molecular formula is C22H19N3O4. The standard InChI is InChI=1S/C22H19N3O4/c1-13-17(16-5-3-4-6-19(16)23-13)11-18-20(26)24-22(28)25(21(18)27)12-14-7-9-15(29-2)10-8-14/h3-11,27H,12H2,1-2H3,(H,24,26,28). The minimum absolute atomic E-state index is 0.0133. The zero-order valence-electron chi connectivity index (χ0n) is 16.0. The fourth-order valence-corrected chi connectivity index (χ4v) is 3.33. The number of nitrogens with one attached hydrogen (secondary N) is 1. The molecule has 0 spiro atoms. The van der Waals surface area contributed by atoms with Crippen molar-refractivity contribution < 1.29 is 9.84 Å². The monoisotopic (exact) mass is 389 g/mol. The molecule has 0 saturated carbocycles. The van der Waals surface area contributed by atoms with Gasteiger partial charge in [0.2, 0.25) is 5.88 Å². The highest BCUT2D eigenvalue weighted by atomic mass is 16.5. The van der Waals surface area contributed by atoms with Gasteiger partial charge in [-0.25, -0.2) is 4.79 Å². The number of nitrogens with zero attached hydrogens (tertiary/aromatic N) is 2. The lowest BCUT2D eigenvalue weighted by Crippen LogP contribution is -2.31. The van der Waals surface area contributed by atoms with Crippen LogP contribution >= 0.6 is 0 Å². The highest BCUT2D eigenvalue weighted by Gasteiger charge is 2.20. The molecule has 3 aromatic rings. The van der Waals surface area contributed by atoms with E-state index in [0.717, 1.165) is 32.7 Å². The highest BCUT2D eigenvalue weighted by molar-refractivity contribution is 6.31. The van der Waals surface area contributed by atoms with Gasteiger partial charge in [0.15, 0.2) is 0 Å². The van der Waals surface area contributed by atoms with E-state index in [2.05, 4.69) is 9.98 Å². The number of hydrogen-bond acceptors (Lipinski definition) is 5. The number of para-hydroxylation sites is 1. The summed E-state index contributed by atoms with van der Waals surface area (Å²) in [5, 5.41) is 10.7. The van der Waals surface area contributed by atoms with Crippen LogP contribution in [0.1, 0.15) is 23.6 Å². The molecular weight excluding hydrogens is 370 g/mol. The van der Waals surface area contributed by atoms with Gasteiger partial charge < -0.3 is 9.84 Å². The topological polar surface area (TPSA) is 96.7 Å². The number of benzene rings is 2. The molecule has 1 aliphatic rings. The molecule has 1 aliphatic heterocycles. The maximum atomic E-state index is 12.4. The number of fused-ring (bicyclic) bond motifs is 1. The fourth-order valence-electron chi connectivity index (χ4n) is 3.33. The van der Waals surface area contributed by atoms with Gasteiger partial charge in [-0.3, -0.25) is 19.3 Å². The van der Waals surface area contributed by atoms with Crippen LogP contribution in [0.3, 0.4) is 0 Å². The Morgan fingerprint density at radius 2 is 1.86 bits per heavy atom. The molecule has 0 unspecified atom stereocenters.